The number of carbonyl (C=O) groups excluding carboxylic acids is 1. The summed E-state index contributed by atoms with van der Waals surface area (Å²) < 4.78 is 0. The van der Waals surface area contributed by atoms with Gasteiger partial charge in [0.2, 0.25) is 0 Å². The number of pyridine rings is 1. The number of carbonyl (C=O) groups is 1. The highest BCUT2D eigenvalue weighted by atomic mass is 16.3. The first kappa shape index (κ1) is 17.1. The van der Waals surface area contributed by atoms with Gasteiger partial charge in [0.15, 0.2) is 0 Å². The second-order valence-electron chi connectivity index (χ2n) is 5.63. The van der Waals surface area contributed by atoms with Gasteiger partial charge in [-0.05, 0) is 50.1 Å². The summed E-state index contributed by atoms with van der Waals surface area (Å²) in [6, 6.07) is 11.3. The van der Waals surface area contributed by atoms with Gasteiger partial charge in [0.1, 0.15) is 0 Å². The van der Waals surface area contributed by atoms with Crippen molar-refractivity contribution in [3.8, 4) is 11.3 Å². The predicted molar refractivity (Wildman–Crippen MR) is 89.2 cm³/mol. The summed E-state index contributed by atoms with van der Waals surface area (Å²) >= 11 is 0. The monoisotopic (exact) mass is 314 g/mol. The van der Waals surface area contributed by atoms with Crippen molar-refractivity contribution in [1.82, 2.24) is 10.3 Å². The molecule has 2 aromatic rings. The molecule has 0 aliphatic heterocycles. The van der Waals surface area contributed by atoms with Crippen LogP contribution < -0.4 is 5.32 Å². The number of hydrogen-bond acceptors (Lipinski definition) is 4. The topological polar surface area (TPSA) is 82.5 Å². The van der Waals surface area contributed by atoms with Crippen molar-refractivity contribution in [3.05, 3.63) is 53.2 Å². The SMILES string of the molecule is Cc1cc(C)nc(-c2ccc(C(=O)NCC[C@@H](O)CO)cc2)c1. The van der Waals surface area contributed by atoms with Crippen molar-refractivity contribution in [2.75, 3.05) is 13.2 Å². The van der Waals surface area contributed by atoms with Crippen LogP contribution in [-0.2, 0) is 0 Å². The first-order valence-electron chi connectivity index (χ1n) is 7.62. The van der Waals surface area contributed by atoms with Gasteiger partial charge < -0.3 is 15.5 Å². The lowest BCUT2D eigenvalue weighted by molar-refractivity contribution is 0.0834. The van der Waals surface area contributed by atoms with Crippen LogP contribution >= 0.6 is 0 Å². The number of amides is 1. The molecule has 1 aromatic carbocycles. The summed E-state index contributed by atoms with van der Waals surface area (Å²) in [4.78, 5) is 16.5. The quantitative estimate of drug-likeness (QED) is 0.760. The molecule has 5 nitrogen and oxygen atoms in total. The Bertz CT molecular complexity index is 648. The van der Waals surface area contributed by atoms with Crippen molar-refractivity contribution < 1.29 is 15.0 Å². The molecule has 1 atom stereocenters. The second-order valence-corrected chi connectivity index (χ2v) is 5.63. The molecule has 1 amide bonds. The lowest BCUT2D eigenvalue weighted by Gasteiger charge is -2.09. The molecule has 23 heavy (non-hydrogen) atoms. The molecule has 1 heterocycles. The van der Waals surface area contributed by atoms with Gasteiger partial charge in [-0.15, -0.1) is 0 Å². The Morgan fingerprint density at radius 2 is 1.91 bits per heavy atom. The van der Waals surface area contributed by atoms with Crippen molar-refractivity contribution in [2.45, 2.75) is 26.4 Å². The van der Waals surface area contributed by atoms with E-state index in [1.165, 1.54) is 0 Å². The Balaban J connectivity index is 2.02. The number of nitrogens with one attached hydrogen (secondary N) is 1. The van der Waals surface area contributed by atoms with Crippen LogP contribution in [0.25, 0.3) is 11.3 Å². The molecule has 0 aliphatic carbocycles. The van der Waals surface area contributed by atoms with E-state index in [2.05, 4.69) is 10.3 Å². The van der Waals surface area contributed by atoms with E-state index in [0.29, 0.717) is 18.5 Å². The van der Waals surface area contributed by atoms with Gasteiger partial charge in [0, 0.05) is 23.4 Å². The van der Waals surface area contributed by atoms with Crippen LogP contribution in [0, 0.1) is 13.8 Å². The van der Waals surface area contributed by atoms with Crippen LogP contribution in [0.5, 0.6) is 0 Å². The predicted octanol–water partition coefficient (Wildman–Crippen LogP) is 1.84. The maximum atomic E-state index is 12.0. The summed E-state index contributed by atoms with van der Waals surface area (Å²) in [5.74, 6) is -0.199. The summed E-state index contributed by atoms with van der Waals surface area (Å²) in [6.45, 7) is 4.01. The number of nitrogens with zero attached hydrogens (tertiary/aromatic N) is 1. The van der Waals surface area contributed by atoms with Gasteiger partial charge in [0.25, 0.3) is 5.91 Å². The number of aromatic nitrogens is 1. The zero-order valence-electron chi connectivity index (χ0n) is 13.4. The molecule has 0 fully saturated rings. The van der Waals surface area contributed by atoms with E-state index < -0.39 is 6.10 Å². The summed E-state index contributed by atoms with van der Waals surface area (Å²) in [6.07, 6.45) is -0.472. The van der Waals surface area contributed by atoms with E-state index in [-0.39, 0.29) is 12.5 Å². The molecule has 3 N–H and O–H groups in total. The average Bonchev–Trinajstić information content (AvgIpc) is 2.53. The zero-order chi connectivity index (χ0) is 16.8. The third kappa shape index (κ3) is 4.87. The van der Waals surface area contributed by atoms with Crippen LogP contribution in [0.1, 0.15) is 28.0 Å². The Kier molecular flexibility index (Phi) is 5.84. The van der Waals surface area contributed by atoms with Crippen molar-refractivity contribution >= 4 is 5.91 Å². The molecule has 2 rings (SSSR count). The number of aliphatic hydroxyl groups is 2. The lowest BCUT2D eigenvalue weighted by atomic mass is 10.1. The largest absolute Gasteiger partial charge is 0.394 e. The molecule has 1 aromatic heterocycles. The average molecular weight is 314 g/mol. The van der Waals surface area contributed by atoms with Crippen LogP contribution in [-0.4, -0.2) is 40.4 Å². The van der Waals surface area contributed by atoms with Gasteiger partial charge in [-0.1, -0.05) is 12.1 Å². The number of hydrogen-bond donors (Lipinski definition) is 3. The van der Waals surface area contributed by atoms with Crippen molar-refractivity contribution in [3.63, 3.8) is 0 Å². The molecule has 0 unspecified atom stereocenters. The highest BCUT2D eigenvalue weighted by molar-refractivity contribution is 5.94. The first-order valence-corrected chi connectivity index (χ1v) is 7.62. The molecule has 5 heteroatoms. The van der Waals surface area contributed by atoms with E-state index in [4.69, 9.17) is 5.11 Å². The standard InChI is InChI=1S/C18H22N2O3/c1-12-9-13(2)20-17(10-12)14-3-5-15(6-4-14)18(23)19-8-7-16(22)11-21/h3-6,9-10,16,21-22H,7-8,11H2,1-2H3,(H,19,23)/t16-/m1/s1. The molecule has 0 radical (unpaired) electrons. The second kappa shape index (κ2) is 7.85. The Morgan fingerprint density at radius 1 is 1.22 bits per heavy atom. The highest BCUT2D eigenvalue weighted by Gasteiger charge is 2.08. The molecule has 0 aliphatic rings. The number of aliphatic hydroxyl groups excluding tert-OH is 2. The molecule has 0 saturated carbocycles. The Morgan fingerprint density at radius 3 is 2.52 bits per heavy atom. The third-order valence-electron chi connectivity index (χ3n) is 3.51. The lowest BCUT2D eigenvalue weighted by Crippen LogP contribution is -2.28. The normalized spacial score (nSPS) is 12.0. The minimum Gasteiger partial charge on any atom is -0.394 e. The van der Waals surface area contributed by atoms with Crippen molar-refractivity contribution in [1.29, 1.82) is 0 Å². The van der Waals surface area contributed by atoms with Crippen LogP contribution in [0.15, 0.2) is 36.4 Å². The Labute approximate surface area is 136 Å². The minimum absolute atomic E-state index is 0.199. The molecular formula is C18H22N2O3. The van der Waals surface area contributed by atoms with E-state index in [1.807, 2.05) is 38.1 Å². The number of benzene rings is 1. The molecule has 0 bridgehead atoms. The van der Waals surface area contributed by atoms with Crippen LogP contribution in [0.3, 0.4) is 0 Å². The van der Waals surface area contributed by atoms with E-state index >= 15 is 0 Å². The van der Waals surface area contributed by atoms with E-state index in [0.717, 1.165) is 22.5 Å². The number of rotatable bonds is 6. The highest BCUT2D eigenvalue weighted by Crippen LogP contribution is 2.19. The fraction of sp³-hybridized carbons (Fsp3) is 0.333. The fourth-order valence-corrected chi connectivity index (χ4v) is 2.33. The third-order valence-corrected chi connectivity index (χ3v) is 3.51. The maximum Gasteiger partial charge on any atom is 0.251 e. The fourth-order valence-electron chi connectivity index (χ4n) is 2.33. The van der Waals surface area contributed by atoms with Gasteiger partial charge in [0.05, 0.1) is 18.4 Å². The molecule has 0 spiro atoms. The van der Waals surface area contributed by atoms with Crippen LogP contribution in [0.4, 0.5) is 0 Å². The summed E-state index contributed by atoms with van der Waals surface area (Å²) in [5, 5.41) is 20.7. The van der Waals surface area contributed by atoms with Gasteiger partial charge in [-0.2, -0.15) is 0 Å². The van der Waals surface area contributed by atoms with Crippen molar-refractivity contribution in [2.24, 2.45) is 0 Å². The zero-order valence-corrected chi connectivity index (χ0v) is 13.4. The summed E-state index contributed by atoms with van der Waals surface area (Å²) in [5.41, 5.74) is 4.52. The Hall–Kier alpha value is -2.24. The number of aryl methyl sites for hydroxylation is 2. The molecular weight excluding hydrogens is 292 g/mol. The van der Waals surface area contributed by atoms with E-state index in [1.54, 1.807) is 12.1 Å². The van der Waals surface area contributed by atoms with E-state index in [9.17, 15) is 9.90 Å². The smallest absolute Gasteiger partial charge is 0.251 e. The molecule has 0 saturated heterocycles. The minimum atomic E-state index is -0.798. The van der Waals surface area contributed by atoms with Crippen LogP contribution in [0.2, 0.25) is 0 Å². The first-order chi connectivity index (χ1) is 11.0. The van der Waals surface area contributed by atoms with Gasteiger partial charge in [-0.25, -0.2) is 0 Å². The molecule has 122 valence electrons. The van der Waals surface area contributed by atoms with Gasteiger partial charge >= 0.3 is 0 Å². The van der Waals surface area contributed by atoms with Gasteiger partial charge in [-0.3, -0.25) is 9.78 Å². The maximum absolute atomic E-state index is 12.0. The summed E-state index contributed by atoms with van der Waals surface area (Å²) in [7, 11) is 0.